The lowest BCUT2D eigenvalue weighted by atomic mass is 10.6. The van der Waals surface area contributed by atoms with Crippen molar-refractivity contribution in [2.45, 2.75) is 18.5 Å². The minimum absolute atomic E-state index is 0.0208. The van der Waals surface area contributed by atoms with E-state index >= 15 is 0 Å². The minimum atomic E-state index is -3.58. The van der Waals surface area contributed by atoms with Crippen molar-refractivity contribution in [1.82, 2.24) is 24.1 Å². The van der Waals surface area contributed by atoms with Crippen LogP contribution in [0.4, 0.5) is 5.69 Å². The molecule has 2 aromatic heterocycles. The maximum absolute atomic E-state index is 12.0. The van der Waals surface area contributed by atoms with Crippen LogP contribution in [0, 0.1) is 6.92 Å². The highest BCUT2D eigenvalue weighted by Crippen LogP contribution is 2.07. The molecule has 0 aromatic carbocycles. The van der Waals surface area contributed by atoms with E-state index in [2.05, 4.69) is 14.8 Å². The number of nitrogen functional groups attached to an aromatic ring is 1. The third-order valence-electron chi connectivity index (χ3n) is 2.65. The van der Waals surface area contributed by atoms with Crippen molar-refractivity contribution in [2.75, 3.05) is 12.3 Å². The van der Waals surface area contributed by atoms with Gasteiger partial charge in [0.15, 0.2) is 5.03 Å². The Morgan fingerprint density at radius 1 is 1.42 bits per heavy atom. The fraction of sp³-hybridized carbons (Fsp3) is 0.400. The van der Waals surface area contributed by atoms with E-state index in [0.29, 0.717) is 18.1 Å². The molecule has 0 unspecified atom stereocenters. The van der Waals surface area contributed by atoms with Gasteiger partial charge in [-0.3, -0.25) is 4.68 Å². The van der Waals surface area contributed by atoms with Crippen molar-refractivity contribution in [2.24, 2.45) is 7.05 Å². The molecule has 2 rings (SSSR count). The van der Waals surface area contributed by atoms with Crippen molar-refractivity contribution in [3.63, 3.8) is 0 Å². The van der Waals surface area contributed by atoms with Gasteiger partial charge in [-0.2, -0.15) is 5.10 Å². The number of sulfonamides is 1. The third-order valence-corrected chi connectivity index (χ3v) is 3.98. The molecule has 0 bridgehead atoms. The summed E-state index contributed by atoms with van der Waals surface area (Å²) in [6.07, 6.45) is 4.62. The van der Waals surface area contributed by atoms with E-state index in [9.17, 15) is 8.42 Å². The molecular weight excluding hydrogens is 268 g/mol. The molecule has 0 aliphatic rings. The van der Waals surface area contributed by atoms with Gasteiger partial charge in [0.2, 0.25) is 0 Å². The molecule has 3 N–H and O–H groups in total. The van der Waals surface area contributed by atoms with Crippen LogP contribution < -0.4 is 10.5 Å². The smallest absolute Gasteiger partial charge is 0.259 e. The van der Waals surface area contributed by atoms with Gasteiger partial charge in [0.25, 0.3) is 10.0 Å². The van der Waals surface area contributed by atoms with E-state index < -0.39 is 10.0 Å². The van der Waals surface area contributed by atoms with Gasteiger partial charge < -0.3 is 10.3 Å². The van der Waals surface area contributed by atoms with Crippen LogP contribution in [0.5, 0.6) is 0 Å². The summed E-state index contributed by atoms with van der Waals surface area (Å²) in [6, 6.07) is 0. The Bertz CT molecular complexity index is 653. The van der Waals surface area contributed by atoms with Crippen LogP contribution in [0.25, 0.3) is 0 Å². The highest BCUT2D eigenvalue weighted by atomic mass is 32.2. The van der Waals surface area contributed by atoms with Crippen LogP contribution in [0.1, 0.15) is 5.82 Å². The first-order valence-electron chi connectivity index (χ1n) is 5.66. The quantitative estimate of drug-likeness (QED) is 0.768. The number of nitrogens with zero attached hydrogens (tertiary/aromatic N) is 4. The SMILES string of the molecule is Cc1nc(S(=O)(=O)NCCn2cc(N)cn2)cn1C. The van der Waals surface area contributed by atoms with E-state index in [1.807, 2.05) is 0 Å². The average Bonchev–Trinajstić information content (AvgIpc) is 2.87. The molecular formula is C10H16N6O2S. The first kappa shape index (κ1) is 13.6. The standard InChI is InChI=1S/C10H16N6O2S/c1-8-14-10(7-15(8)2)19(17,18)13-3-4-16-6-9(11)5-12-16/h5-7,13H,3-4,11H2,1-2H3. The van der Waals surface area contributed by atoms with Crippen molar-refractivity contribution >= 4 is 15.7 Å². The highest BCUT2D eigenvalue weighted by Gasteiger charge is 2.17. The average molecular weight is 284 g/mol. The van der Waals surface area contributed by atoms with Crippen LogP contribution in [0.3, 0.4) is 0 Å². The number of hydrogen-bond donors (Lipinski definition) is 2. The first-order valence-corrected chi connectivity index (χ1v) is 7.14. The fourth-order valence-corrected chi connectivity index (χ4v) is 2.58. The Balaban J connectivity index is 1.98. The van der Waals surface area contributed by atoms with Crippen LogP contribution in [0.15, 0.2) is 23.6 Å². The maximum Gasteiger partial charge on any atom is 0.259 e. The Kier molecular flexibility index (Phi) is 3.58. The zero-order valence-electron chi connectivity index (χ0n) is 10.7. The van der Waals surface area contributed by atoms with E-state index in [-0.39, 0.29) is 11.6 Å². The normalized spacial score (nSPS) is 11.9. The molecule has 0 fully saturated rings. The number of hydrogen-bond acceptors (Lipinski definition) is 5. The number of nitrogens with two attached hydrogens (primary N) is 1. The molecule has 9 heteroatoms. The largest absolute Gasteiger partial charge is 0.396 e. The van der Waals surface area contributed by atoms with Crippen LogP contribution in [0.2, 0.25) is 0 Å². The summed E-state index contributed by atoms with van der Waals surface area (Å²) in [5.41, 5.74) is 6.06. The van der Waals surface area contributed by atoms with Crippen molar-refractivity contribution < 1.29 is 8.42 Å². The second-order valence-electron chi connectivity index (χ2n) is 4.17. The van der Waals surface area contributed by atoms with Crippen molar-refractivity contribution in [1.29, 1.82) is 0 Å². The predicted octanol–water partition coefficient (Wildman–Crippen LogP) is -0.514. The lowest BCUT2D eigenvalue weighted by Gasteiger charge is -2.04. The molecule has 0 spiro atoms. The molecule has 104 valence electrons. The van der Waals surface area contributed by atoms with Crippen LogP contribution >= 0.6 is 0 Å². The summed E-state index contributed by atoms with van der Waals surface area (Å²) in [4.78, 5) is 3.98. The van der Waals surface area contributed by atoms with E-state index in [4.69, 9.17) is 5.73 Å². The van der Waals surface area contributed by atoms with Gasteiger partial charge in [0, 0.05) is 26.0 Å². The number of aromatic nitrogens is 4. The Morgan fingerprint density at radius 3 is 2.68 bits per heavy atom. The topological polar surface area (TPSA) is 108 Å². The lowest BCUT2D eigenvalue weighted by Crippen LogP contribution is -2.27. The molecule has 0 saturated carbocycles. The lowest BCUT2D eigenvalue weighted by molar-refractivity contribution is 0.558. The van der Waals surface area contributed by atoms with Crippen LogP contribution in [-0.4, -0.2) is 34.3 Å². The van der Waals surface area contributed by atoms with Gasteiger partial charge in [0.1, 0.15) is 5.82 Å². The molecule has 0 saturated heterocycles. The van der Waals surface area contributed by atoms with Crippen LogP contribution in [-0.2, 0) is 23.6 Å². The van der Waals surface area contributed by atoms with E-state index in [1.54, 1.807) is 29.4 Å². The molecule has 19 heavy (non-hydrogen) atoms. The maximum atomic E-state index is 12.0. The molecule has 8 nitrogen and oxygen atoms in total. The molecule has 0 aliphatic carbocycles. The summed E-state index contributed by atoms with van der Waals surface area (Å²) in [6.45, 7) is 2.37. The predicted molar refractivity (Wildman–Crippen MR) is 69.8 cm³/mol. The van der Waals surface area contributed by atoms with Gasteiger partial charge in [-0.05, 0) is 6.92 Å². The van der Waals surface area contributed by atoms with E-state index in [0.717, 1.165) is 0 Å². The number of imidazole rings is 1. The fourth-order valence-electron chi connectivity index (χ4n) is 1.53. The molecule has 2 aromatic rings. The van der Waals surface area contributed by atoms with Crippen molar-refractivity contribution in [3.05, 3.63) is 24.4 Å². The number of aryl methyl sites for hydroxylation is 2. The van der Waals surface area contributed by atoms with Gasteiger partial charge in [-0.1, -0.05) is 0 Å². The highest BCUT2D eigenvalue weighted by molar-refractivity contribution is 7.89. The first-order chi connectivity index (χ1) is 8.88. The second-order valence-corrected chi connectivity index (χ2v) is 5.89. The van der Waals surface area contributed by atoms with E-state index in [1.165, 1.54) is 12.4 Å². The zero-order chi connectivity index (χ0) is 14.0. The Morgan fingerprint density at radius 2 is 2.16 bits per heavy atom. The minimum Gasteiger partial charge on any atom is -0.396 e. The number of anilines is 1. The molecule has 0 radical (unpaired) electrons. The van der Waals surface area contributed by atoms with Gasteiger partial charge in [-0.15, -0.1) is 0 Å². The van der Waals surface area contributed by atoms with Gasteiger partial charge >= 0.3 is 0 Å². The summed E-state index contributed by atoms with van der Waals surface area (Å²) < 4.78 is 29.6. The Hall–Kier alpha value is -1.87. The number of nitrogens with one attached hydrogen (secondary N) is 1. The molecule has 0 amide bonds. The molecule has 0 atom stereocenters. The molecule has 0 aliphatic heterocycles. The monoisotopic (exact) mass is 284 g/mol. The van der Waals surface area contributed by atoms with Crippen molar-refractivity contribution in [3.8, 4) is 0 Å². The zero-order valence-corrected chi connectivity index (χ0v) is 11.6. The molecule has 2 heterocycles. The van der Waals surface area contributed by atoms with Gasteiger partial charge in [-0.25, -0.2) is 18.1 Å². The summed E-state index contributed by atoms with van der Waals surface area (Å²) in [5, 5.41) is 3.98. The third kappa shape index (κ3) is 3.12. The Labute approximate surface area is 111 Å². The summed E-state index contributed by atoms with van der Waals surface area (Å²) >= 11 is 0. The second kappa shape index (κ2) is 5.02. The summed E-state index contributed by atoms with van der Waals surface area (Å²) in [5.74, 6) is 0.639. The number of rotatable bonds is 5. The van der Waals surface area contributed by atoms with Gasteiger partial charge in [0.05, 0.1) is 18.4 Å². The summed E-state index contributed by atoms with van der Waals surface area (Å²) in [7, 11) is -1.84.